The lowest BCUT2D eigenvalue weighted by molar-refractivity contribution is -0.122. The first-order valence-corrected chi connectivity index (χ1v) is 12.5. The number of rotatable bonds is 5. The summed E-state index contributed by atoms with van der Waals surface area (Å²) in [4.78, 5) is 29.9. The van der Waals surface area contributed by atoms with Crippen LogP contribution in [0.15, 0.2) is 60.2 Å². The molecule has 5 rings (SSSR count). The van der Waals surface area contributed by atoms with Gasteiger partial charge in [-0.3, -0.25) is 19.8 Å². The summed E-state index contributed by atoms with van der Waals surface area (Å²) < 4.78 is 12.8. The molecule has 2 amide bonds. The SMILES string of the molecule is COc1ccc(N2C(=O)/C(=C\c3cc(C)n(-c4ccc(N5CCOCC5)cc4)c3C)C(=O)NC2=S)cc1. The van der Waals surface area contributed by atoms with Crippen LogP contribution in [0.25, 0.3) is 11.8 Å². The monoisotopic (exact) mass is 516 g/mol. The van der Waals surface area contributed by atoms with Crippen molar-refractivity contribution >= 4 is 46.6 Å². The maximum atomic E-state index is 13.4. The van der Waals surface area contributed by atoms with Crippen molar-refractivity contribution in [1.29, 1.82) is 0 Å². The molecular weight excluding hydrogens is 488 g/mol. The number of aryl methyl sites for hydroxylation is 1. The first-order valence-electron chi connectivity index (χ1n) is 12.0. The van der Waals surface area contributed by atoms with Gasteiger partial charge in [0.25, 0.3) is 11.8 Å². The van der Waals surface area contributed by atoms with Crippen molar-refractivity contribution in [2.45, 2.75) is 13.8 Å². The lowest BCUT2D eigenvalue weighted by Crippen LogP contribution is -2.54. The standard InChI is InChI=1S/C28H28N4O4S/c1-18-16-20(19(2)31(18)22-6-4-21(5-7-22)30-12-14-36-15-13-30)17-25-26(33)29-28(37)32(27(25)34)23-8-10-24(35-3)11-9-23/h4-11,16-17H,12-15H2,1-3H3,(H,29,33,37)/b25-17-. The van der Waals surface area contributed by atoms with Crippen LogP contribution >= 0.6 is 12.2 Å². The van der Waals surface area contributed by atoms with E-state index < -0.39 is 11.8 Å². The molecule has 0 aliphatic carbocycles. The molecule has 2 aliphatic rings. The van der Waals surface area contributed by atoms with Gasteiger partial charge in [-0.1, -0.05) is 0 Å². The number of amides is 2. The van der Waals surface area contributed by atoms with E-state index in [1.165, 1.54) is 4.90 Å². The van der Waals surface area contributed by atoms with E-state index in [9.17, 15) is 9.59 Å². The van der Waals surface area contributed by atoms with E-state index in [1.807, 2.05) is 19.9 Å². The topological polar surface area (TPSA) is 76.0 Å². The molecule has 0 unspecified atom stereocenters. The van der Waals surface area contributed by atoms with Crippen molar-refractivity contribution in [3.8, 4) is 11.4 Å². The van der Waals surface area contributed by atoms with E-state index >= 15 is 0 Å². The van der Waals surface area contributed by atoms with Crippen LogP contribution < -0.4 is 19.9 Å². The molecule has 8 nitrogen and oxygen atoms in total. The number of morpholine rings is 1. The molecule has 2 saturated heterocycles. The number of ether oxygens (including phenoxy) is 2. The van der Waals surface area contributed by atoms with Crippen LogP contribution in [0.1, 0.15) is 17.0 Å². The van der Waals surface area contributed by atoms with Gasteiger partial charge >= 0.3 is 0 Å². The second kappa shape index (κ2) is 10.2. The van der Waals surface area contributed by atoms with Gasteiger partial charge in [0.1, 0.15) is 11.3 Å². The summed E-state index contributed by atoms with van der Waals surface area (Å²) in [5, 5.41) is 2.69. The quantitative estimate of drug-likeness (QED) is 0.316. The predicted molar refractivity (Wildman–Crippen MR) is 147 cm³/mol. The Balaban J connectivity index is 1.45. The molecule has 3 aromatic rings. The second-order valence-electron chi connectivity index (χ2n) is 8.93. The summed E-state index contributed by atoms with van der Waals surface area (Å²) in [6.07, 6.45) is 1.64. The number of benzene rings is 2. The van der Waals surface area contributed by atoms with Crippen molar-refractivity contribution in [2.75, 3.05) is 43.2 Å². The summed E-state index contributed by atoms with van der Waals surface area (Å²) in [6.45, 7) is 7.22. The number of nitrogens with zero attached hydrogens (tertiary/aromatic N) is 3. The van der Waals surface area contributed by atoms with Crippen molar-refractivity contribution < 1.29 is 19.1 Å². The molecular formula is C28H28N4O4S. The molecule has 190 valence electrons. The average Bonchev–Trinajstić information content (AvgIpc) is 3.19. The van der Waals surface area contributed by atoms with E-state index in [-0.39, 0.29) is 10.7 Å². The van der Waals surface area contributed by atoms with Gasteiger partial charge in [0, 0.05) is 35.9 Å². The Hall–Kier alpha value is -3.95. The second-order valence-corrected chi connectivity index (χ2v) is 9.32. The van der Waals surface area contributed by atoms with Gasteiger partial charge in [0.15, 0.2) is 5.11 Å². The van der Waals surface area contributed by atoms with E-state index in [2.05, 4.69) is 39.0 Å². The molecule has 9 heteroatoms. The zero-order valence-corrected chi connectivity index (χ0v) is 21.8. The molecule has 0 atom stereocenters. The van der Waals surface area contributed by atoms with Gasteiger partial charge in [-0.05, 0) is 92.3 Å². The third-order valence-electron chi connectivity index (χ3n) is 6.69. The van der Waals surface area contributed by atoms with Crippen LogP contribution in [0.2, 0.25) is 0 Å². The highest BCUT2D eigenvalue weighted by Gasteiger charge is 2.34. The van der Waals surface area contributed by atoms with Crippen LogP contribution in [-0.4, -0.2) is 54.9 Å². The Labute approximate surface area is 221 Å². The molecule has 2 fully saturated rings. The number of hydrogen-bond donors (Lipinski definition) is 1. The number of carbonyl (C=O) groups excluding carboxylic acids is 2. The number of nitrogens with one attached hydrogen (secondary N) is 1. The Morgan fingerprint density at radius 1 is 0.946 bits per heavy atom. The Morgan fingerprint density at radius 3 is 2.22 bits per heavy atom. The fourth-order valence-electron chi connectivity index (χ4n) is 4.74. The van der Waals surface area contributed by atoms with Crippen LogP contribution in [0.4, 0.5) is 11.4 Å². The largest absolute Gasteiger partial charge is 0.497 e. The molecule has 0 saturated carbocycles. The summed E-state index contributed by atoms with van der Waals surface area (Å²) in [7, 11) is 1.57. The third-order valence-corrected chi connectivity index (χ3v) is 6.97. The summed E-state index contributed by atoms with van der Waals surface area (Å²) in [6, 6.07) is 17.3. The van der Waals surface area contributed by atoms with Gasteiger partial charge in [-0.2, -0.15) is 0 Å². The minimum absolute atomic E-state index is 0.0207. The zero-order chi connectivity index (χ0) is 26.1. The highest BCUT2D eigenvalue weighted by atomic mass is 32.1. The molecule has 0 spiro atoms. The predicted octanol–water partition coefficient (Wildman–Crippen LogP) is 3.77. The molecule has 1 N–H and O–H groups in total. The number of aromatic nitrogens is 1. The Morgan fingerprint density at radius 2 is 1.57 bits per heavy atom. The molecule has 2 aliphatic heterocycles. The van der Waals surface area contributed by atoms with Crippen LogP contribution in [0.3, 0.4) is 0 Å². The van der Waals surface area contributed by atoms with Gasteiger partial charge in [0.05, 0.1) is 26.0 Å². The number of methoxy groups -OCH3 is 1. The van der Waals surface area contributed by atoms with Crippen molar-refractivity contribution in [2.24, 2.45) is 0 Å². The van der Waals surface area contributed by atoms with Crippen molar-refractivity contribution in [3.63, 3.8) is 0 Å². The van der Waals surface area contributed by atoms with Gasteiger partial charge < -0.3 is 18.9 Å². The third kappa shape index (κ3) is 4.75. The smallest absolute Gasteiger partial charge is 0.270 e. The normalized spacial score (nSPS) is 17.4. The molecule has 0 radical (unpaired) electrons. The molecule has 2 aromatic carbocycles. The van der Waals surface area contributed by atoms with E-state index in [4.69, 9.17) is 21.7 Å². The van der Waals surface area contributed by atoms with E-state index in [0.717, 1.165) is 54.6 Å². The highest BCUT2D eigenvalue weighted by Crippen LogP contribution is 2.28. The maximum absolute atomic E-state index is 13.4. The van der Waals surface area contributed by atoms with Crippen molar-refractivity contribution in [1.82, 2.24) is 9.88 Å². The van der Waals surface area contributed by atoms with E-state index in [1.54, 1.807) is 37.5 Å². The Kier molecular flexibility index (Phi) is 6.82. The van der Waals surface area contributed by atoms with Gasteiger partial charge in [0.2, 0.25) is 0 Å². The van der Waals surface area contributed by atoms with E-state index in [0.29, 0.717) is 11.4 Å². The molecule has 37 heavy (non-hydrogen) atoms. The van der Waals surface area contributed by atoms with Crippen LogP contribution in [-0.2, 0) is 14.3 Å². The average molecular weight is 517 g/mol. The van der Waals surface area contributed by atoms with Crippen LogP contribution in [0.5, 0.6) is 5.75 Å². The Bertz CT molecular complexity index is 1390. The summed E-state index contributed by atoms with van der Waals surface area (Å²) in [5.74, 6) is -0.331. The van der Waals surface area contributed by atoms with Crippen molar-refractivity contribution in [3.05, 3.63) is 77.1 Å². The first kappa shape index (κ1) is 24.7. The lowest BCUT2D eigenvalue weighted by atomic mass is 10.1. The molecule has 1 aromatic heterocycles. The number of carbonyl (C=O) groups is 2. The highest BCUT2D eigenvalue weighted by molar-refractivity contribution is 7.80. The molecule has 0 bridgehead atoms. The zero-order valence-electron chi connectivity index (χ0n) is 21.0. The fraction of sp³-hybridized carbons (Fsp3) is 0.250. The van der Waals surface area contributed by atoms with Gasteiger partial charge in [-0.25, -0.2) is 0 Å². The summed E-state index contributed by atoms with van der Waals surface area (Å²) >= 11 is 5.31. The lowest BCUT2D eigenvalue weighted by Gasteiger charge is -2.29. The van der Waals surface area contributed by atoms with Gasteiger partial charge in [-0.15, -0.1) is 0 Å². The first-order chi connectivity index (χ1) is 17.9. The number of anilines is 2. The minimum atomic E-state index is -0.514. The number of hydrogen-bond acceptors (Lipinski definition) is 6. The summed E-state index contributed by atoms with van der Waals surface area (Å²) in [5.41, 5.74) is 5.45. The maximum Gasteiger partial charge on any atom is 0.270 e. The number of thiocarbonyl (C=S) groups is 1. The van der Waals surface area contributed by atoms with Crippen LogP contribution in [0, 0.1) is 13.8 Å². The fourth-order valence-corrected chi connectivity index (χ4v) is 5.02. The minimum Gasteiger partial charge on any atom is -0.497 e. The molecule has 3 heterocycles.